The Hall–Kier alpha value is -2.12. The number of aromatic hydroxyl groups is 1. The van der Waals surface area contributed by atoms with E-state index in [0.717, 1.165) is 6.07 Å². The lowest BCUT2D eigenvalue weighted by Crippen LogP contribution is -2.22. The summed E-state index contributed by atoms with van der Waals surface area (Å²) in [6.45, 7) is 0. The standard InChI is InChI=1S/C13H16O7/c1-19-11(16)6-10(15)12(17)7-3-4-8(9(14)5-7)13(18)20-2/h3-5,10,12,14-15,17H,6H2,1-2H3. The second kappa shape index (κ2) is 6.88. The normalized spacial score (nSPS) is 13.4. The Balaban J connectivity index is 2.89. The maximum atomic E-state index is 11.3. The third kappa shape index (κ3) is 3.69. The number of aliphatic hydroxyl groups is 2. The van der Waals surface area contributed by atoms with E-state index in [0.29, 0.717) is 0 Å². The van der Waals surface area contributed by atoms with Crippen molar-refractivity contribution in [1.29, 1.82) is 0 Å². The van der Waals surface area contributed by atoms with Crippen LogP contribution in [0.15, 0.2) is 18.2 Å². The number of rotatable bonds is 5. The summed E-state index contributed by atoms with van der Waals surface area (Å²) in [5, 5.41) is 29.2. The van der Waals surface area contributed by atoms with E-state index in [4.69, 9.17) is 0 Å². The van der Waals surface area contributed by atoms with Gasteiger partial charge in [-0.3, -0.25) is 4.79 Å². The third-order valence-corrected chi connectivity index (χ3v) is 2.74. The molecule has 2 atom stereocenters. The predicted molar refractivity (Wildman–Crippen MR) is 67.0 cm³/mol. The molecule has 0 bridgehead atoms. The van der Waals surface area contributed by atoms with Gasteiger partial charge in [-0.1, -0.05) is 6.07 Å². The molecule has 3 N–H and O–H groups in total. The number of methoxy groups -OCH3 is 2. The second-order valence-electron chi connectivity index (χ2n) is 4.06. The maximum Gasteiger partial charge on any atom is 0.341 e. The topological polar surface area (TPSA) is 113 Å². The molecule has 20 heavy (non-hydrogen) atoms. The molecule has 0 radical (unpaired) electrons. The molecule has 7 nitrogen and oxygen atoms in total. The van der Waals surface area contributed by atoms with E-state index in [1.54, 1.807) is 0 Å². The van der Waals surface area contributed by atoms with Crippen LogP contribution >= 0.6 is 0 Å². The molecule has 1 rings (SSSR count). The molecule has 1 aromatic carbocycles. The number of phenolic OH excluding ortho intramolecular Hbond substituents is 1. The fourth-order valence-electron chi connectivity index (χ4n) is 1.60. The fourth-order valence-corrected chi connectivity index (χ4v) is 1.60. The van der Waals surface area contributed by atoms with Crippen LogP contribution in [0.3, 0.4) is 0 Å². The molecule has 0 amide bonds. The minimum atomic E-state index is -1.40. The maximum absolute atomic E-state index is 11.3. The number of hydrogen-bond acceptors (Lipinski definition) is 7. The Morgan fingerprint density at radius 3 is 2.35 bits per heavy atom. The number of aliphatic hydroxyl groups excluding tert-OH is 2. The van der Waals surface area contributed by atoms with Gasteiger partial charge in [-0.05, 0) is 17.7 Å². The number of carbonyl (C=O) groups is 2. The quantitative estimate of drug-likeness (QED) is 0.659. The molecule has 0 aliphatic carbocycles. The fraction of sp³-hybridized carbons (Fsp3) is 0.385. The first-order chi connectivity index (χ1) is 9.40. The molecule has 0 fully saturated rings. The van der Waals surface area contributed by atoms with Gasteiger partial charge in [0.25, 0.3) is 0 Å². The summed E-state index contributed by atoms with van der Waals surface area (Å²) in [5.74, 6) is -1.79. The zero-order chi connectivity index (χ0) is 15.3. The summed E-state index contributed by atoms with van der Waals surface area (Å²) in [4.78, 5) is 22.3. The van der Waals surface area contributed by atoms with Crippen LogP contribution in [0.5, 0.6) is 5.75 Å². The Morgan fingerprint density at radius 2 is 1.85 bits per heavy atom. The molecule has 0 aliphatic rings. The van der Waals surface area contributed by atoms with Gasteiger partial charge < -0.3 is 24.8 Å². The summed E-state index contributed by atoms with van der Waals surface area (Å²) in [6.07, 6.45) is -3.17. The van der Waals surface area contributed by atoms with Crippen LogP contribution in [0.4, 0.5) is 0 Å². The first kappa shape index (κ1) is 15.9. The number of carbonyl (C=O) groups excluding carboxylic acids is 2. The van der Waals surface area contributed by atoms with Gasteiger partial charge >= 0.3 is 11.9 Å². The van der Waals surface area contributed by atoms with Gasteiger partial charge in [0.05, 0.1) is 26.7 Å². The van der Waals surface area contributed by atoms with Crippen LogP contribution in [0.25, 0.3) is 0 Å². The van der Waals surface area contributed by atoms with Gasteiger partial charge in [-0.2, -0.15) is 0 Å². The zero-order valence-electron chi connectivity index (χ0n) is 11.1. The average molecular weight is 284 g/mol. The third-order valence-electron chi connectivity index (χ3n) is 2.74. The highest BCUT2D eigenvalue weighted by molar-refractivity contribution is 5.92. The predicted octanol–water partition coefficient (Wildman–Crippen LogP) is 0.136. The number of phenols is 1. The molecular weight excluding hydrogens is 268 g/mol. The lowest BCUT2D eigenvalue weighted by Gasteiger charge is -2.17. The van der Waals surface area contributed by atoms with Crippen LogP contribution in [-0.2, 0) is 14.3 Å². The van der Waals surface area contributed by atoms with Crippen LogP contribution in [0, 0.1) is 0 Å². The van der Waals surface area contributed by atoms with Crippen LogP contribution in [-0.4, -0.2) is 47.6 Å². The Kier molecular flexibility index (Phi) is 5.48. The highest BCUT2D eigenvalue weighted by atomic mass is 16.5. The number of hydrogen-bond donors (Lipinski definition) is 3. The SMILES string of the molecule is COC(=O)CC(O)C(O)c1ccc(C(=O)OC)c(O)c1. The van der Waals surface area contributed by atoms with Crippen molar-refractivity contribution < 1.29 is 34.4 Å². The molecule has 0 aliphatic heterocycles. The summed E-state index contributed by atoms with van der Waals surface area (Å²) in [6, 6.07) is 3.72. The van der Waals surface area contributed by atoms with Crippen molar-refractivity contribution in [3.8, 4) is 5.75 Å². The summed E-state index contributed by atoms with van der Waals surface area (Å²) in [5.41, 5.74) is 0.0949. The van der Waals surface area contributed by atoms with Gasteiger partial charge in [0.15, 0.2) is 0 Å². The van der Waals surface area contributed by atoms with Gasteiger partial charge in [0.1, 0.15) is 17.4 Å². The van der Waals surface area contributed by atoms with Gasteiger partial charge in [-0.25, -0.2) is 4.79 Å². The zero-order valence-corrected chi connectivity index (χ0v) is 11.1. The van der Waals surface area contributed by atoms with E-state index in [1.165, 1.54) is 26.4 Å². The highest BCUT2D eigenvalue weighted by Crippen LogP contribution is 2.26. The van der Waals surface area contributed by atoms with Crippen molar-refractivity contribution in [2.45, 2.75) is 18.6 Å². The van der Waals surface area contributed by atoms with Gasteiger partial charge in [0, 0.05) is 0 Å². The van der Waals surface area contributed by atoms with Crippen LogP contribution in [0.2, 0.25) is 0 Å². The minimum absolute atomic E-state index is 0.0640. The van der Waals surface area contributed by atoms with Crippen molar-refractivity contribution in [3.05, 3.63) is 29.3 Å². The number of ether oxygens (including phenoxy) is 2. The number of esters is 2. The summed E-state index contributed by atoms with van der Waals surface area (Å²) >= 11 is 0. The number of benzene rings is 1. The molecular formula is C13H16O7. The molecule has 7 heteroatoms. The largest absolute Gasteiger partial charge is 0.507 e. The van der Waals surface area contributed by atoms with Crippen molar-refractivity contribution >= 4 is 11.9 Å². The summed E-state index contributed by atoms with van der Waals surface area (Å²) in [7, 11) is 2.34. The Morgan fingerprint density at radius 1 is 1.20 bits per heavy atom. The van der Waals surface area contributed by atoms with Crippen molar-refractivity contribution in [2.24, 2.45) is 0 Å². The molecule has 1 aromatic rings. The molecule has 0 saturated heterocycles. The van der Waals surface area contributed by atoms with Gasteiger partial charge in [-0.15, -0.1) is 0 Å². The monoisotopic (exact) mass is 284 g/mol. The molecule has 110 valence electrons. The van der Waals surface area contributed by atoms with Gasteiger partial charge in [0.2, 0.25) is 0 Å². The molecule has 0 aromatic heterocycles. The Bertz CT molecular complexity index is 497. The van der Waals surface area contributed by atoms with E-state index >= 15 is 0 Å². The van der Waals surface area contributed by atoms with E-state index in [9.17, 15) is 24.9 Å². The van der Waals surface area contributed by atoms with E-state index in [-0.39, 0.29) is 11.1 Å². The summed E-state index contributed by atoms with van der Waals surface area (Å²) < 4.78 is 8.84. The Labute approximate surface area is 115 Å². The lowest BCUT2D eigenvalue weighted by molar-refractivity contribution is -0.144. The average Bonchev–Trinajstić information content (AvgIpc) is 2.45. The molecule has 2 unspecified atom stereocenters. The highest BCUT2D eigenvalue weighted by Gasteiger charge is 2.23. The van der Waals surface area contributed by atoms with Crippen molar-refractivity contribution in [3.63, 3.8) is 0 Å². The smallest absolute Gasteiger partial charge is 0.341 e. The first-order valence-corrected chi connectivity index (χ1v) is 5.74. The second-order valence-corrected chi connectivity index (χ2v) is 4.06. The van der Waals surface area contributed by atoms with Crippen LogP contribution in [0.1, 0.15) is 28.4 Å². The van der Waals surface area contributed by atoms with E-state index < -0.39 is 36.3 Å². The molecule has 0 spiro atoms. The van der Waals surface area contributed by atoms with Crippen molar-refractivity contribution in [1.82, 2.24) is 0 Å². The first-order valence-electron chi connectivity index (χ1n) is 5.74. The minimum Gasteiger partial charge on any atom is -0.507 e. The van der Waals surface area contributed by atoms with Crippen LogP contribution < -0.4 is 0 Å². The molecule has 0 saturated carbocycles. The van der Waals surface area contributed by atoms with E-state index in [1.807, 2.05) is 0 Å². The molecule has 0 heterocycles. The lowest BCUT2D eigenvalue weighted by atomic mass is 10.00. The van der Waals surface area contributed by atoms with Crippen molar-refractivity contribution in [2.75, 3.05) is 14.2 Å². The van der Waals surface area contributed by atoms with E-state index in [2.05, 4.69) is 9.47 Å².